The standard InChI is InChI=1S/C14H17NO5/c1-19-11-6-2-3-7-12(11)20-9-13(16)15-8-4-5-10(15)14(17)18/h2-3,6-7,10H,4-5,8-9H2,1H3,(H,17,18). The molecule has 1 fully saturated rings. The van der Waals surface area contributed by atoms with Gasteiger partial charge in [0.15, 0.2) is 18.1 Å². The van der Waals surface area contributed by atoms with Gasteiger partial charge >= 0.3 is 5.97 Å². The first-order valence-corrected chi connectivity index (χ1v) is 6.41. The van der Waals surface area contributed by atoms with Crippen LogP contribution in [0.1, 0.15) is 12.8 Å². The molecular weight excluding hydrogens is 262 g/mol. The quantitative estimate of drug-likeness (QED) is 0.875. The Balaban J connectivity index is 1.97. The van der Waals surface area contributed by atoms with E-state index in [1.54, 1.807) is 24.3 Å². The number of nitrogens with zero attached hydrogens (tertiary/aromatic N) is 1. The monoisotopic (exact) mass is 279 g/mol. The van der Waals surface area contributed by atoms with Gasteiger partial charge < -0.3 is 19.5 Å². The summed E-state index contributed by atoms with van der Waals surface area (Å²) in [5.74, 6) is -0.278. The normalized spacial score (nSPS) is 17.9. The van der Waals surface area contributed by atoms with Crippen molar-refractivity contribution in [3.8, 4) is 11.5 Å². The van der Waals surface area contributed by atoms with E-state index in [-0.39, 0.29) is 12.5 Å². The highest BCUT2D eigenvalue weighted by Crippen LogP contribution is 2.26. The van der Waals surface area contributed by atoms with E-state index >= 15 is 0 Å². The van der Waals surface area contributed by atoms with Crippen molar-refractivity contribution >= 4 is 11.9 Å². The van der Waals surface area contributed by atoms with Gasteiger partial charge in [-0.1, -0.05) is 12.1 Å². The van der Waals surface area contributed by atoms with Crippen molar-refractivity contribution in [3.63, 3.8) is 0 Å². The van der Waals surface area contributed by atoms with Gasteiger partial charge in [0.2, 0.25) is 0 Å². The zero-order chi connectivity index (χ0) is 14.5. The van der Waals surface area contributed by atoms with Crippen LogP contribution in [-0.2, 0) is 9.59 Å². The third-order valence-corrected chi connectivity index (χ3v) is 3.28. The number of aliphatic carboxylic acids is 1. The van der Waals surface area contributed by atoms with Gasteiger partial charge in [-0.15, -0.1) is 0 Å². The maximum atomic E-state index is 12.0. The summed E-state index contributed by atoms with van der Waals surface area (Å²) >= 11 is 0. The SMILES string of the molecule is COc1ccccc1OCC(=O)N1CCCC1C(=O)O. The first kappa shape index (κ1) is 14.2. The van der Waals surface area contributed by atoms with Crippen LogP contribution in [0.25, 0.3) is 0 Å². The third kappa shape index (κ3) is 3.01. The Kier molecular flexibility index (Phi) is 4.45. The Bertz CT molecular complexity index is 502. The minimum Gasteiger partial charge on any atom is -0.493 e. The Morgan fingerprint density at radius 1 is 1.35 bits per heavy atom. The average molecular weight is 279 g/mol. The first-order valence-electron chi connectivity index (χ1n) is 6.41. The Labute approximate surface area is 116 Å². The predicted octanol–water partition coefficient (Wildman–Crippen LogP) is 1.15. The second-order valence-electron chi connectivity index (χ2n) is 4.52. The number of benzene rings is 1. The van der Waals surface area contributed by atoms with Crippen LogP contribution in [0.4, 0.5) is 0 Å². The molecule has 1 N–H and O–H groups in total. The van der Waals surface area contributed by atoms with Crippen molar-refractivity contribution < 1.29 is 24.2 Å². The van der Waals surface area contributed by atoms with Crippen molar-refractivity contribution in [1.29, 1.82) is 0 Å². The van der Waals surface area contributed by atoms with Gasteiger partial charge in [-0.2, -0.15) is 0 Å². The Hall–Kier alpha value is -2.24. The van der Waals surface area contributed by atoms with Crippen LogP contribution in [0.3, 0.4) is 0 Å². The fourth-order valence-electron chi connectivity index (χ4n) is 2.28. The second-order valence-corrected chi connectivity index (χ2v) is 4.52. The van der Waals surface area contributed by atoms with Gasteiger partial charge in [0.1, 0.15) is 6.04 Å². The molecule has 1 saturated heterocycles. The summed E-state index contributed by atoms with van der Waals surface area (Å²) in [4.78, 5) is 24.4. The molecule has 1 unspecified atom stereocenters. The maximum absolute atomic E-state index is 12.0. The molecule has 108 valence electrons. The molecule has 0 aromatic heterocycles. The number of rotatable bonds is 5. The van der Waals surface area contributed by atoms with E-state index < -0.39 is 12.0 Å². The highest BCUT2D eigenvalue weighted by molar-refractivity contribution is 5.85. The summed E-state index contributed by atoms with van der Waals surface area (Å²) in [6, 6.07) is 6.27. The van der Waals surface area contributed by atoms with E-state index in [2.05, 4.69) is 0 Å². The number of amides is 1. The van der Waals surface area contributed by atoms with E-state index in [4.69, 9.17) is 14.6 Å². The molecule has 2 rings (SSSR count). The number of methoxy groups -OCH3 is 1. The second kappa shape index (κ2) is 6.27. The van der Waals surface area contributed by atoms with Crippen LogP contribution in [0.2, 0.25) is 0 Å². The van der Waals surface area contributed by atoms with Crippen molar-refractivity contribution in [2.75, 3.05) is 20.3 Å². The van der Waals surface area contributed by atoms with Gasteiger partial charge in [0, 0.05) is 6.54 Å². The van der Waals surface area contributed by atoms with Gasteiger partial charge in [-0.3, -0.25) is 4.79 Å². The van der Waals surface area contributed by atoms with Crippen LogP contribution in [0, 0.1) is 0 Å². The smallest absolute Gasteiger partial charge is 0.326 e. The van der Waals surface area contributed by atoms with Crippen LogP contribution >= 0.6 is 0 Å². The molecule has 0 saturated carbocycles. The van der Waals surface area contributed by atoms with Crippen LogP contribution in [0.15, 0.2) is 24.3 Å². The number of carbonyl (C=O) groups excluding carboxylic acids is 1. The van der Waals surface area contributed by atoms with Crippen molar-refractivity contribution in [2.45, 2.75) is 18.9 Å². The lowest BCUT2D eigenvalue weighted by Gasteiger charge is -2.21. The average Bonchev–Trinajstić information content (AvgIpc) is 2.94. The molecule has 0 spiro atoms. The zero-order valence-corrected chi connectivity index (χ0v) is 11.2. The molecule has 1 aliphatic heterocycles. The molecule has 1 amide bonds. The number of hydrogen-bond acceptors (Lipinski definition) is 4. The summed E-state index contributed by atoms with van der Waals surface area (Å²) in [6.07, 6.45) is 1.20. The van der Waals surface area contributed by atoms with E-state index in [1.807, 2.05) is 0 Å². The van der Waals surface area contributed by atoms with Crippen molar-refractivity contribution in [1.82, 2.24) is 4.90 Å². The molecular formula is C14H17NO5. The van der Waals surface area contributed by atoms with Gasteiger partial charge in [0.25, 0.3) is 5.91 Å². The number of carbonyl (C=O) groups is 2. The number of carboxylic acid groups (broad SMARTS) is 1. The Morgan fingerprint density at radius 2 is 2.05 bits per heavy atom. The van der Waals surface area contributed by atoms with E-state index in [1.165, 1.54) is 12.0 Å². The summed E-state index contributed by atoms with van der Waals surface area (Å²) in [5, 5.41) is 9.05. The molecule has 1 aliphatic rings. The fraction of sp³-hybridized carbons (Fsp3) is 0.429. The minimum absolute atomic E-state index is 0.190. The van der Waals surface area contributed by atoms with E-state index in [0.29, 0.717) is 30.9 Å². The van der Waals surface area contributed by atoms with Gasteiger partial charge in [0.05, 0.1) is 7.11 Å². The minimum atomic E-state index is -0.965. The summed E-state index contributed by atoms with van der Waals surface area (Å²) in [6.45, 7) is 0.273. The number of para-hydroxylation sites is 2. The molecule has 0 aliphatic carbocycles. The molecule has 6 heteroatoms. The largest absolute Gasteiger partial charge is 0.493 e. The lowest BCUT2D eigenvalue weighted by molar-refractivity contribution is -0.149. The summed E-state index contributed by atoms with van der Waals surface area (Å²) in [7, 11) is 1.52. The van der Waals surface area contributed by atoms with E-state index in [0.717, 1.165) is 0 Å². The van der Waals surface area contributed by atoms with Crippen LogP contribution in [-0.4, -0.2) is 48.2 Å². The van der Waals surface area contributed by atoms with Crippen molar-refractivity contribution in [2.24, 2.45) is 0 Å². The fourth-order valence-corrected chi connectivity index (χ4v) is 2.28. The van der Waals surface area contributed by atoms with Gasteiger partial charge in [-0.05, 0) is 25.0 Å². The summed E-state index contributed by atoms with van der Waals surface area (Å²) < 4.78 is 10.5. The van der Waals surface area contributed by atoms with Crippen LogP contribution < -0.4 is 9.47 Å². The molecule has 20 heavy (non-hydrogen) atoms. The van der Waals surface area contributed by atoms with Crippen LogP contribution in [0.5, 0.6) is 11.5 Å². The molecule has 1 heterocycles. The maximum Gasteiger partial charge on any atom is 0.326 e. The topological polar surface area (TPSA) is 76.1 Å². The Morgan fingerprint density at radius 3 is 2.70 bits per heavy atom. The van der Waals surface area contributed by atoms with Gasteiger partial charge in [-0.25, -0.2) is 4.79 Å². The number of carboxylic acids is 1. The zero-order valence-electron chi connectivity index (χ0n) is 11.2. The summed E-state index contributed by atoms with van der Waals surface area (Å²) in [5.41, 5.74) is 0. The lowest BCUT2D eigenvalue weighted by Crippen LogP contribution is -2.42. The van der Waals surface area contributed by atoms with E-state index in [9.17, 15) is 9.59 Å². The molecule has 0 bridgehead atoms. The highest BCUT2D eigenvalue weighted by Gasteiger charge is 2.33. The number of likely N-dealkylation sites (tertiary alicyclic amines) is 1. The highest BCUT2D eigenvalue weighted by atomic mass is 16.5. The molecule has 6 nitrogen and oxygen atoms in total. The molecule has 0 radical (unpaired) electrons. The molecule has 1 aromatic rings. The number of ether oxygens (including phenoxy) is 2. The lowest BCUT2D eigenvalue weighted by atomic mass is 10.2. The molecule has 1 atom stereocenters. The first-order chi connectivity index (χ1) is 9.63. The third-order valence-electron chi connectivity index (χ3n) is 3.28. The molecule has 1 aromatic carbocycles. The number of hydrogen-bond donors (Lipinski definition) is 1. The van der Waals surface area contributed by atoms with Crippen molar-refractivity contribution in [3.05, 3.63) is 24.3 Å². The predicted molar refractivity (Wildman–Crippen MR) is 70.9 cm³/mol.